The minimum Gasteiger partial charge on any atom is -0.387 e. The van der Waals surface area contributed by atoms with E-state index in [4.69, 9.17) is 4.74 Å². The van der Waals surface area contributed by atoms with E-state index in [0.29, 0.717) is 50.3 Å². The van der Waals surface area contributed by atoms with Crippen LogP contribution in [0.2, 0.25) is 0 Å². The van der Waals surface area contributed by atoms with Gasteiger partial charge in [-0.1, -0.05) is 50.1 Å². The van der Waals surface area contributed by atoms with Crippen molar-refractivity contribution in [3.8, 4) is 11.1 Å². The van der Waals surface area contributed by atoms with Crippen LogP contribution in [0.25, 0.3) is 11.1 Å². The number of hydrogen-bond donors (Lipinski definition) is 1. The van der Waals surface area contributed by atoms with E-state index in [-0.39, 0.29) is 37.5 Å². The fraction of sp³-hybridized carbons (Fsp3) is 0.581. The van der Waals surface area contributed by atoms with E-state index < -0.39 is 35.4 Å². The summed E-state index contributed by atoms with van der Waals surface area (Å²) in [6, 6.07) is 10.6. The summed E-state index contributed by atoms with van der Waals surface area (Å²) in [5.41, 5.74) is -0.930. The second kappa shape index (κ2) is 11.8. The number of rotatable bonds is 6. The monoisotopic (exact) mass is 589 g/mol. The molecule has 2 aromatic rings. The smallest absolute Gasteiger partial charge is 0.387 e. The number of alkyl halides is 3. The topological polar surface area (TPSA) is 92.1 Å². The number of morpholine rings is 1. The molecule has 1 aromatic carbocycles. The molecule has 3 fully saturated rings. The van der Waals surface area contributed by atoms with Crippen molar-refractivity contribution < 1.29 is 32.6 Å². The Balaban J connectivity index is 1.46. The molecule has 228 valence electrons. The normalized spacial score (nSPS) is 23.3. The molecule has 2 amide bonds. The van der Waals surface area contributed by atoms with Crippen molar-refractivity contribution in [1.82, 2.24) is 14.4 Å². The van der Waals surface area contributed by atoms with E-state index in [1.165, 1.54) is 28.7 Å². The quantitative estimate of drug-likeness (QED) is 0.548. The van der Waals surface area contributed by atoms with E-state index in [1.807, 2.05) is 30.3 Å². The number of ether oxygens (including phenoxy) is 1. The minimum atomic E-state index is -4.44. The number of piperidine rings is 1. The van der Waals surface area contributed by atoms with Crippen molar-refractivity contribution in [1.29, 1.82) is 0 Å². The van der Waals surface area contributed by atoms with Gasteiger partial charge in [0, 0.05) is 55.3 Å². The van der Waals surface area contributed by atoms with Gasteiger partial charge >= 0.3 is 6.18 Å². The Kier molecular flexibility index (Phi) is 8.53. The fourth-order valence-corrected chi connectivity index (χ4v) is 6.98. The molecule has 2 saturated heterocycles. The number of halogens is 3. The van der Waals surface area contributed by atoms with Crippen molar-refractivity contribution >= 4 is 11.8 Å². The third-order valence-corrected chi connectivity index (χ3v) is 9.28. The minimum absolute atomic E-state index is 0.0789. The van der Waals surface area contributed by atoms with Crippen LogP contribution in [0, 0.1) is 11.3 Å². The number of nitrogens with zero attached hydrogens (tertiary/aromatic N) is 3. The molecule has 1 aromatic heterocycles. The first kappa shape index (κ1) is 30.3. The Labute approximate surface area is 243 Å². The number of likely N-dealkylation sites (tertiary alicyclic amines) is 1. The molecule has 11 heteroatoms. The molecule has 2 atom stereocenters. The lowest BCUT2D eigenvalue weighted by atomic mass is 9.65. The maximum atomic E-state index is 13.7. The Bertz CT molecular complexity index is 1350. The van der Waals surface area contributed by atoms with E-state index in [2.05, 4.69) is 0 Å². The molecule has 8 nitrogen and oxygen atoms in total. The SMILES string of the molecule is CC(CC(F)(F)F)C(=O)N1CC[C@@](O)(Cn2cc(C(=O)N3CCOCC3)c(-c3ccccc3)cc2=O)C2(CCCC2)C1. The van der Waals surface area contributed by atoms with Gasteiger partial charge < -0.3 is 24.2 Å². The number of amides is 2. The second-order valence-corrected chi connectivity index (χ2v) is 12.1. The van der Waals surface area contributed by atoms with Gasteiger partial charge in [-0.15, -0.1) is 0 Å². The zero-order valence-corrected chi connectivity index (χ0v) is 23.9. The zero-order valence-electron chi connectivity index (χ0n) is 23.9. The highest BCUT2D eigenvalue weighted by Crippen LogP contribution is 2.52. The zero-order chi connectivity index (χ0) is 30.1. The largest absolute Gasteiger partial charge is 0.389 e. The Morgan fingerprint density at radius 1 is 1.02 bits per heavy atom. The van der Waals surface area contributed by atoms with Crippen molar-refractivity contribution in [2.45, 2.75) is 63.8 Å². The van der Waals surface area contributed by atoms with Gasteiger partial charge in [-0.3, -0.25) is 14.4 Å². The summed E-state index contributed by atoms with van der Waals surface area (Å²) in [5.74, 6) is -2.01. The molecule has 1 N–H and O–H groups in total. The van der Waals surface area contributed by atoms with Crippen LogP contribution in [0.1, 0.15) is 55.8 Å². The molecule has 0 radical (unpaired) electrons. The summed E-state index contributed by atoms with van der Waals surface area (Å²) in [6.45, 7) is 3.14. The first-order valence-corrected chi connectivity index (χ1v) is 14.7. The van der Waals surface area contributed by atoms with Crippen LogP contribution in [0.15, 0.2) is 47.4 Å². The highest BCUT2D eigenvalue weighted by Gasteiger charge is 2.56. The summed E-state index contributed by atoms with van der Waals surface area (Å²) in [6.07, 6.45) is -1.17. The maximum absolute atomic E-state index is 13.7. The first-order chi connectivity index (χ1) is 19.9. The van der Waals surface area contributed by atoms with Gasteiger partial charge in [-0.2, -0.15) is 13.2 Å². The fourth-order valence-electron chi connectivity index (χ4n) is 6.98. The molecule has 5 rings (SSSR count). The number of carbonyl (C=O) groups excluding carboxylic acids is 2. The van der Waals surface area contributed by atoms with Gasteiger partial charge in [-0.05, 0) is 24.8 Å². The first-order valence-electron chi connectivity index (χ1n) is 14.7. The van der Waals surface area contributed by atoms with Crippen LogP contribution in [0.5, 0.6) is 0 Å². The van der Waals surface area contributed by atoms with E-state index in [0.717, 1.165) is 18.4 Å². The highest BCUT2D eigenvalue weighted by atomic mass is 19.4. The summed E-state index contributed by atoms with van der Waals surface area (Å²) in [7, 11) is 0. The van der Waals surface area contributed by atoms with Crippen LogP contribution in [-0.4, -0.2) is 82.5 Å². The van der Waals surface area contributed by atoms with Crippen LogP contribution >= 0.6 is 0 Å². The number of carbonyl (C=O) groups is 2. The van der Waals surface area contributed by atoms with Crippen molar-refractivity contribution in [3.63, 3.8) is 0 Å². The lowest BCUT2D eigenvalue weighted by molar-refractivity contribution is -0.172. The molecular formula is C31H38F3N3O5. The number of benzene rings is 1. The molecule has 0 bridgehead atoms. The summed E-state index contributed by atoms with van der Waals surface area (Å²) >= 11 is 0. The molecule has 3 heterocycles. The van der Waals surface area contributed by atoms with Crippen molar-refractivity contribution in [3.05, 3.63) is 58.5 Å². The van der Waals surface area contributed by atoms with Crippen LogP contribution < -0.4 is 5.56 Å². The Morgan fingerprint density at radius 3 is 2.33 bits per heavy atom. The lowest BCUT2D eigenvalue weighted by Gasteiger charge is -2.52. The molecule has 1 spiro atoms. The predicted octanol–water partition coefficient (Wildman–Crippen LogP) is 4.10. The van der Waals surface area contributed by atoms with Gasteiger partial charge in [0.1, 0.15) is 0 Å². The third kappa shape index (κ3) is 6.13. The van der Waals surface area contributed by atoms with E-state index in [9.17, 15) is 32.7 Å². The molecule has 42 heavy (non-hydrogen) atoms. The molecule has 1 unspecified atom stereocenters. The maximum Gasteiger partial charge on any atom is 0.389 e. The molecule has 1 saturated carbocycles. The average molecular weight is 590 g/mol. The number of pyridine rings is 1. The summed E-state index contributed by atoms with van der Waals surface area (Å²) < 4.78 is 45.8. The highest BCUT2D eigenvalue weighted by molar-refractivity contribution is 6.00. The van der Waals surface area contributed by atoms with Gasteiger partial charge in [0.15, 0.2) is 0 Å². The number of hydrogen-bond acceptors (Lipinski definition) is 5. The van der Waals surface area contributed by atoms with Gasteiger partial charge in [0.05, 0.1) is 37.3 Å². The lowest BCUT2D eigenvalue weighted by Crippen LogP contribution is -2.62. The van der Waals surface area contributed by atoms with Gasteiger partial charge in [-0.25, -0.2) is 0 Å². The third-order valence-electron chi connectivity index (χ3n) is 9.28. The molecule has 3 aliphatic rings. The Morgan fingerprint density at radius 2 is 1.69 bits per heavy atom. The summed E-state index contributed by atoms with van der Waals surface area (Å²) in [4.78, 5) is 43.4. The van der Waals surface area contributed by atoms with Gasteiger partial charge in [0.2, 0.25) is 5.91 Å². The molecule has 2 aliphatic heterocycles. The van der Waals surface area contributed by atoms with Crippen LogP contribution in [0.3, 0.4) is 0 Å². The molecular weight excluding hydrogens is 551 g/mol. The second-order valence-electron chi connectivity index (χ2n) is 12.1. The standard InChI is InChI=1S/C31H38F3N3O5/c1-22(18-31(32,33)34)27(39)36-12-11-30(41,29(20-36)9-5-6-10-29)21-37-19-25(28(40)35-13-15-42-16-14-35)24(17-26(37)38)23-7-3-2-4-8-23/h2-4,7-8,17,19,22,41H,5-6,9-16,18,20-21H2,1H3/t22?,30-/m1/s1. The van der Waals surface area contributed by atoms with Crippen molar-refractivity contribution in [2.24, 2.45) is 11.3 Å². The Hall–Kier alpha value is -3.18. The number of aromatic nitrogens is 1. The van der Waals surface area contributed by atoms with E-state index >= 15 is 0 Å². The average Bonchev–Trinajstić information content (AvgIpc) is 3.45. The van der Waals surface area contributed by atoms with Gasteiger partial charge in [0.25, 0.3) is 11.5 Å². The molecule has 1 aliphatic carbocycles. The summed E-state index contributed by atoms with van der Waals surface area (Å²) in [5, 5.41) is 12.2. The predicted molar refractivity (Wildman–Crippen MR) is 150 cm³/mol. The van der Waals surface area contributed by atoms with E-state index in [1.54, 1.807) is 4.90 Å². The van der Waals surface area contributed by atoms with Crippen molar-refractivity contribution in [2.75, 3.05) is 39.4 Å². The van der Waals surface area contributed by atoms with Crippen LogP contribution in [-0.2, 0) is 16.1 Å². The number of aliphatic hydroxyl groups is 1. The van der Waals surface area contributed by atoms with Crippen LogP contribution in [0.4, 0.5) is 13.2 Å².